The van der Waals surface area contributed by atoms with E-state index in [2.05, 4.69) is 0 Å². The van der Waals surface area contributed by atoms with E-state index in [4.69, 9.17) is 14.2 Å². The van der Waals surface area contributed by atoms with E-state index in [0.29, 0.717) is 17.6 Å². The lowest BCUT2D eigenvalue weighted by molar-refractivity contribution is -0.145. The number of aliphatic hydroxyl groups is 1. The molecule has 1 aliphatic rings. The van der Waals surface area contributed by atoms with Gasteiger partial charge in [0.2, 0.25) is 6.29 Å². The van der Waals surface area contributed by atoms with E-state index in [0.717, 1.165) is 6.26 Å². The van der Waals surface area contributed by atoms with Crippen molar-refractivity contribution >= 4 is 11.9 Å². The average molecular weight is 378 g/mol. The van der Waals surface area contributed by atoms with Crippen molar-refractivity contribution in [2.24, 2.45) is 5.92 Å². The van der Waals surface area contributed by atoms with Crippen molar-refractivity contribution < 1.29 is 39.1 Å². The van der Waals surface area contributed by atoms with Crippen LogP contribution in [0.2, 0.25) is 0 Å². The minimum Gasteiger partial charge on any atom is -0.504 e. The summed E-state index contributed by atoms with van der Waals surface area (Å²) in [5, 5.41) is 28.7. The normalized spacial score (nSPS) is 20.6. The second-order valence-electron chi connectivity index (χ2n) is 5.89. The first-order chi connectivity index (χ1) is 12.9. The summed E-state index contributed by atoms with van der Waals surface area (Å²) in [4.78, 5) is 24.1. The molecule has 0 radical (unpaired) electrons. The summed E-state index contributed by atoms with van der Waals surface area (Å²) < 4.78 is 14.9. The average Bonchev–Trinajstić information content (AvgIpc) is 2.64. The Labute approximate surface area is 156 Å². The van der Waals surface area contributed by atoms with Crippen LogP contribution in [0.25, 0.3) is 0 Å². The molecule has 8 heteroatoms. The molecule has 1 aromatic carbocycles. The SMILES string of the molecule is C/C=C1/[C@H](CC(=O)OCCc2ccc(O)c(O)c2)C(C(=O)OC)=CO[C@@H]1O. The minimum absolute atomic E-state index is 0.0528. The van der Waals surface area contributed by atoms with Crippen molar-refractivity contribution in [1.29, 1.82) is 0 Å². The number of hydrogen-bond acceptors (Lipinski definition) is 8. The van der Waals surface area contributed by atoms with E-state index in [1.807, 2.05) is 0 Å². The fraction of sp³-hybridized carbons (Fsp3) is 0.368. The maximum atomic E-state index is 12.2. The lowest BCUT2D eigenvalue weighted by Gasteiger charge is -2.28. The fourth-order valence-corrected chi connectivity index (χ4v) is 2.76. The number of benzene rings is 1. The third-order valence-corrected chi connectivity index (χ3v) is 4.21. The Morgan fingerprint density at radius 3 is 2.63 bits per heavy atom. The van der Waals surface area contributed by atoms with Gasteiger partial charge in [-0.3, -0.25) is 4.79 Å². The molecule has 0 unspecified atom stereocenters. The molecule has 1 heterocycles. The Hall–Kier alpha value is -3.00. The summed E-state index contributed by atoms with van der Waals surface area (Å²) in [5.41, 5.74) is 1.18. The predicted molar refractivity (Wildman–Crippen MR) is 93.5 cm³/mol. The Kier molecular flexibility index (Phi) is 6.84. The van der Waals surface area contributed by atoms with E-state index >= 15 is 0 Å². The van der Waals surface area contributed by atoms with Crippen molar-refractivity contribution in [2.75, 3.05) is 13.7 Å². The Morgan fingerprint density at radius 2 is 2.00 bits per heavy atom. The van der Waals surface area contributed by atoms with Crippen LogP contribution in [-0.2, 0) is 30.2 Å². The number of phenolic OH excluding ortho intramolecular Hbond substituents is 2. The van der Waals surface area contributed by atoms with E-state index < -0.39 is 24.1 Å². The first-order valence-electron chi connectivity index (χ1n) is 8.31. The van der Waals surface area contributed by atoms with Gasteiger partial charge in [0.15, 0.2) is 11.5 Å². The quantitative estimate of drug-likeness (QED) is 0.387. The zero-order chi connectivity index (χ0) is 20.0. The summed E-state index contributed by atoms with van der Waals surface area (Å²) in [7, 11) is 1.21. The Balaban J connectivity index is 1.99. The van der Waals surface area contributed by atoms with Crippen LogP contribution in [-0.4, -0.2) is 47.3 Å². The molecular weight excluding hydrogens is 356 g/mol. The highest BCUT2D eigenvalue weighted by Gasteiger charge is 2.35. The van der Waals surface area contributed by atoms with Gasteiger partial charge in [-0.05, 0) is 24.6 Å². The maximum absolute atomic E-state index is 12.2. The van der Waals surface area contributed by atoms with Crippen LogP contribution < -0.4 is 0 Å². The Bertz CT molecular complexity index is 765. The van der Waals surface area contributed by atoms with Crippen LogP contribution in [0.5, 0.6) is 11.5 Å². The van der Waals surface area contributed by atoms with Crippen LogP contribution in [0.4, 0.5) is 0 Å². The number of rotatable bonds is 6. The molecule has 0 aliphatic carbocycles. The smallest absolute Gasteiger partial charge is 0.337 e. The van der Waals surface area contributed by atoms with Gasteiger partial charge in [-0.25, -0.2) is 4.79 Å². The van der Waals surface area contributed by atoms with E-state index in [1.54, 1.807) is 19.1 Å². The zero-order valence-electron chi connectivity index (χ0n) is 15.0. The largest absolute Gasteiger partial charge is 0.504 e. The minimum atomic E-state index is -1.25. The number of ether oxygens (including phenoxy) is 3. The summed E-state index contributed by atoms with van der Waals surface area (Å²) in [6.07, 6.45) is 1.60. The van der Waals surface area contributed by atoms with Gasteiger partial charge in [0.1, 0.15) is 0 Å². The number of phenols is 2. The molecular formula is C19H22O8. The van der Waals surface area contributed by atoms with Gasteiger partial charge in [-0.1, -0.05) is 12.1 Å². The molecule has 0 saturated heterocycles. The number of aliphatic hydroxyl groups excluding tert-OH is 1. The van der Waals surface area contributed by atoms with Crippen molar-refractivity contribution in [2.45, 2.75) is 26.1 Å². The summed E-state index contributed by atoms with van der Waals surface area (Å²) in [5.74, 6) is -2.41. The summed E-state index contributed by atoms with van der Waals surface area (Å²) in [6.45, 7) is 1.72. The molecule has 0 spiro atoms. The van der Waals surface area contributed by atoms with Crippen LogP contribution in [0, 0.1) is 5.92 Å². The van der Waals surface area contributed by atoms with Crippen LogP contribution >= 0.6 is 0 Å². The van der Waals surface area contributed by atoms with Crippen molar-refractivity contribution in [1.82, 2.24) is 0 Å². The van der Waals surface area contributed by atoms with Crippen LogP contribution in [0.15, 0.2) is 41.7 Å². The van der Waals surface area contributed by atoms with Crippen molar-refractivity contribution in [3.63, 3.8) is 0 Å². The third kappa shape index (κ3) is 5.01. The number of hydrogen-bond donors (Lipinski definition) is 3. The monoisotopic (exact) mass is 378 g/mol. The lowest BCUT2D eigenvalue weighted by Crippen LogP contribution is -2.31. The lowest BCUT2D eigenvalue weighted by atomic mass is 9.86. The molecule has 0 amide bonds. The number of esters is 2. The molecule has 27 heavy (non-hydrogen) atoms. The molecule has 0 fully saturated rings. The molecule has 146 valence electrons. The first kappa shape index (κ1) is 20.3. The van der Waals surface area contributed by atoms with Gasteiger partial charge in [-0.15, -0.1) is 0 Å². The maximum Gasteiger partial charge on any atom is 0.337 e. The van der Waals surface area contributed by atoms with Crippen LogP contribution in [0.3, 0.4) is 0 Å². The van der Waals surface area contributed by atoms with Crippen molar-refractivity contribution in [3.8, 4) is 11.5 Å². The first-order valence-corrected chi connectivity index (χ1v) is 8.31. The molecule has 0 saturated carbocycles. The zero-order valence-corrected chi connectivity index (χ0v) is 15.0. The third-order valence-electron chi connectivity index (χ3n) is 4.21. The van der Waals surface area contributed by atoms with E-state index in [-0.39, 0.29) is 30.1 Å². The van der Waals surface area contributed by atoms with Gasteiger partial charge in [0, 0.05) is 17.9 Å². The topological polar surface area (TPSA) is 123 Å². The molecule has 1 aromatic rings. The fourth-order valence-electron chi connectivity index (χ4n) is 2.76. The number of aromatic hydroxyl groups is 2. The van der Waals surface area contributed by atoms with Gasteiger partial charge in [0.25, 0.3) is 0 Å². The number of carbonyl (C=O) groups is 2. The number of methoxy groups -OCH3 is 1. The highest BCUT2D eigenvalue weighted by atomic mass is 16.6. The summed E-state index contributed by atoms with van der Waals surface area (Å²) in [6, 6.07) is 4.34. The number of carbonyl (C=O) groups excluding carboxylic acids is 2. The van der Waals surface area contributed by atoms with Crippen LogP contribution in [0.1, 0.15) is 18.9 Å². The van der Waals surface area contributed by atoms with E-state index in [9.17, 15) is 24.9 Å². The van der Waals surface area contributed by atoms with Gasteiger partial charge < -0.3 is 29.5 Å². The van der Waals surface area contributed by atoms with E-state index in [1.165, 1.54) is 19.2 Å². The van der Waals surface area contributed by atoms with Gasteiger partial charge in [-0.2, -0.15) is 0 Å². The highest BCUT2D eigenvalue weighted by molar-refractivity contribution is 5.90. The Morgan fingerprint density at radius 1 is 1.26 bits per heavy atom. The predicted octanol–water partition coefficient (Wildman–Crippen LogP) is 1.54. The number of allylic oxidation sites excluding steroid dienone is 1. The molecule has 1 aliphatic heterocycles. The molecule has 8 nitrogen and oxygen atoms in total. The molecule has 0 bridgehead atoms. The van der Waals surface area contributed by atoms with Gasteiger partial charge in [0.05, 0.1) is 32.0 Å². The van der Waals surface area contributed by atoms with Gasteiger partial charge >= 0.3 is 11.9 Å². The van der Waals surface area contributed by atoms with Crippen molar-refractivity contribution in [3.05, 3.63) is 47.2 Å². The molecule has 0 aromatic heterocycles. The summed E-state index contributed by atoms with van der Waals surface area (Å²) >= 11 is 0. The standard InChI is InChI=1S/C19H22O8/c1-3-12-13(14(18(23)25-2)10-27-19(12)24)9-17(22)26-7-6-11-4-5-15(20)16(21)8-11/h3-5,8,10,13,19-21,24H,6-7,9H2,1-2H3/b12-3-/t13-,19-/m0/s1. The second-order valence-corrected chi connectivity index (χ2v) is 5.89. The molecule has 2 rings (SSSR count). The molecule has 3 N–H and O–H groups in total. The second kappa shape index (κ2) is 9.09. The highest BCUT2D eigenvalue weighted by Crippen LogP contribution is 2.33. The molecule has 2 atom stereocenters.